The van der Waals surface area contributed by atoms with Crippen LogP contribution >= 0.6 is 0 Å². The molecule has 3 aliphatic heterocycles. The zero-order valence-electron chi connectivity index (χ0n) is 33.8. The molecule has 2 saturated heterocycles. The fourth-order valence-electron chi connectivity index (χ4n) is 8.28. The van der Waals surface area contributed by atoms with Crippen LogP contribution in [0.2, 0.25) is 0 Å². The molecule has 3 N–H and O–H groups in total. The number of nitrogens with one attached hydrogen (secondary N) is 3. The van der Waals surface area contributed by atoms with Crippen molar-refractivity contribution in [1.29, 1.82) is 0 Å². The van der Waals surface area contributed by atoms with Gasteiger partial charge in [-0.1, -0.05) is 94.3 Å². The summed E-state index contributed by atoms with van der Waals surface area (Å²) >= 11 is 0. The Labute approximate surface area is 335 Å². The lowest BCUT2D eigenvalue weighted by molar-refractivity contribution is -0.137. The molecule has 7 rings (SSSR count). The second-order valence-electron chi connectivity index (χ2n) is 16.0. The number of nitrogens with zero attached hydrogens (tertiary/aromatic N) is 4. The van der Waals surface area contributed by atoms with Crippen molar-refractivity contribution >= 4 is 17.9 Å². The smallest absolute Gasteiger partial charge is 0.407 e. The van der Waals surface area contributed by atoms with Crippen LogP contribution in [-0.2, 0) is 25.7 Å². The van der Waals surface area contributed by atoms with Crippen molar-refractivity contribution in [3.05, 3.63) is 84.2 Å². The minimum Gasteiger partial charge on any atom is -0.453 e. The van der Waals surface area contributed by atoms with E-state index < -0.39 is 12.1 Å². The van der Waals surface area contributed by atoms with Crippen LogP contribution in [-0.4, -0.2) is 80.5 Å². The Bertz CT molecular complexity index is 2020. The van der Waals surface area contributed by atoms with E-state index >= 15 is 0 Å². The van der Waals surface area contributed by atoms with Crippen molar-refractivity contribution in [3.8, 4) is 33.6 Å². The number of ether oxygens (including phenoxy) is 2. The minimum absolute atomic E-state index is 0.0167. The second kappa shape index (κ2) is 18.4. The maximum Gasteiger partial charge on any atom is 0.407 e. The van der Waals surface area contributed by atoms with Gasteiger partial charge in [-0.3, -0.25) is 9.59 Å². The average molecular weight is 776 g/mol. The first kappa shape index (κ1) is 40.0. The van der Waals surface area contributed by atoms with Gasteiger partial charge in [0, 0.05) is 36.3 Å². The summed E-state index contributed by atoms with van der Waals surface area (Å²) in [7, 11) is 1.32. The number of amides is 3. The number of aromatic nitrogens is 4. The highest BCUT2D eigenvalue weighted by Gasteiger charge is 2.37. The van der Waals surface area contributed by atoms with Crippen molar-refractivity contribution in [2.24, 2.45) is 11.8 Å². The molecular formula is C45H57N7O5. The molecule has 57 heavy (non-hydrogen) atoms. The maximum absolute atomic E-state index is 14.0. The molecule has 0 unspecified atom stereocenters. The minimum atomic E-state index is -0.655. The van der Waals surface area contributed by atoms with Gasteiger partial charge in [-0.25, -0.2) is 14.8 Å². The molecule has 3 amide bonds. The van der Waals surface area contributed by atoms with E-state index in [1.807, 2.05) is 22.9 Å². The number of alkyl carbamates (subject to hydrolysis) is 1. The Morgan fingerprint density at radius 1 is 0.825 bits per heavy atom. The van der Waals surface area contributed by atoms with Crippen LogP contribution in [0.15, 0.2) is 66.9 Å². The molecule has 0 spiro atoms. The lowest BCUT2D eigenvalue weighted by atomic mass is 9.96. The predicted molar refractivity (Wildman–Crippen MR) is 220 cm³/mol. The van der Waals surface area contributed by atoms with Crippen LogP contribution in [0.3, 0.4) is 0 Å². The summed E-state index contributed by atoms with van der Waals surface area (Å²) in [6, 6.07) is 15.9. The molecule has 2 bridgehead atoms. The Morgan fingerprint density at radius 2 is 1.53 bits per heavy atom. The van der Waals surface area contributed by atoms with Crippen LogP contribution < -0.4 is 5.32 Å². The Morgan fingerprint density at radius 3 is 2.26 bits per heavy atom. The normalized spacial score (nSPS) is 21.9. The lowest BCUT2D eigenvalue weighted by Gasteiger charge is -2.28. The van der Waals surface area contributed by atoms with Gasteiger partial charge >= 0.3 is 6.09 Å². The van der Waals surface area contributed by atoms with E-state index in [-0.39, 0.29) is 29.8 Å². The van der Waals surface area contributed by atoms with Crippen molar-refractivity contribution in [2.45, 2.75) is 103 Å². The molecular weight excluding hydrogens is 719 g/mol. The van der Waals surface area contributed by atoms with Crippen molar-refractivity contribution in [1.82, 2.24) is 35.1 Å². The van der Waals surface area contributed by atoms with E-state index in [4.69, 9.17) is 19.4 Å². The number of benzene rings is 2. The van der Waals surface area contributed by atoms with Crippen molar-refractivity contribution < 1.29 is 23.9 Å². The van der Waals surface area contributed by atoms with Crippen LogP contribution in [0, 0.1) is 11.8 Å². The Kier molecular flexibility index (Phi) is 12.9. The quantitative estimate of drug-likeness (QED) is 0.160. The maximum atomic E-state index is 14.0. The molecule has 12 heteroatoms. The number of likely N-dealkylation sites (tertiary alicyclic amines) is 1. The highest BCUT2D eigenvalue weighted by molar-refractivity contribution is 5.86. The molecule has 2 aromatic carbocycles. The summed E-state index contributed by atoms with van der Waals surface area (Å²) in [5, 5.41) is 2.80. The number of methoxy groups -OCH3 is 1. The second-order valence-corrected chi connectivity index (χ2v) is 16.0. The molecule has 3 aliphatic rings. The summed E-state index contributed by atoms with van der Waals surface area (Å²) in [5.74, 6) is 1.96. The number of allylic oxidation sites excluding steroid dienone is 1. The lowest BCUT2D eigenvalue weighted by Crippen LogP contribution is -2.48. The number of carbonyl (C=O) groups is 3. The SMILES string of the molecule is COC(=O)N[C@H]1CCCCC/C=C\COCc2[nH]c(nc2-c2ccc(-c3ccc(-c4c[nH]c([C@@H]5CCCN5C(=O)[C@@H](C)C(C)C)n4)cc3)cc2)[C@@H]2CCCN2C1=O. The third kappa shape index (κ3) is 9.17. The van der Waals surface area contributed by atoms with Gasteiger partial charge in [0.25, 0.3) is 0 Å². The fraction of sp³-hybridized carbons (Fsp3) is 0.489. The number of imidazole rings is 2. The number of fused-ring (bicyclic) bond motifs is 4. The van der Waals surface area contributed by atoms with Gasteiger partial charge in [-0.2, -0.15) is 0 Å². The summed E-state index contributed by atoms with van der Waals surface area (Å²) in [6.45, 7) is 8.44. The molecule has 4 atom stereocenters. The number of hydrogen-bond acceptors (Lipinski definition) is 7. The number of hydrogen-bond donors (Lipinski definition) is 3. The van der Waals surface area contributed by atoms with E-state index in [1.54, 1.807) is 0 Å². The summed E-state index contributed by atoms with van der Waals surface area (Å²) < 4.78 is 11.0. The number of aromatic amines is 2. The van der Waals surface area contributed by atoms with E-state index in [1.165, 1.54) is 7.11 Å². The third-order valence-corrected chi connectivity index (χ3v) is 11.9. The Balaban J connectivity index is 1.08. The highest BCUT2D eigenvalue weighted by atomic mass is 16.5. The van der Waals surface area contributed by atoms with Gasteiger partial charge in [-0.15, -0.1) is 0 Å². The van der Waals surface area contributed by atoms with E-state index in [0.717, 1.165) is 109 Å². The van der Waals surface area contributed by atoms with Gasteiger partial charge in [0.15, 0.2) is 0 Å². The molecule has 12 nitrogen and oxygen atoms in total. The molecule has 0 aliphatic carbocycles. The summed E-state index contributed by atoms with van der Waals surface area (Å²) in [6.07, 6.45) is 13.3. The van der Waals surface area contributed by atoms with E-state index in [0.29, 0.717) is 32.1 Å². The molecule has 5 heterocycles. The monoisotopic (exact) mass is 775 g/mol. The molecule has 2 aromatic heterocycles. The molecule has 4 aromatic rings. The largest absolute Gasteiger partial charge is 0.453 e. The zero-order chi connectivity index (χ0) is 39.9. The molecule has 0 saturated carbocycles. The van der Waals surface area contributed by atoms with Crippen LogP contribution in [0.1, 0.15) is 108 Å². The van der Waals surface area contributed by atoms with Crippen molar-refractivity contribution in [2.75, 3.05) is 26.8 Å². The molecule has 2 fully saturated rings. The Hall–Kier alpha value is -5.23. The van der Waals surface area contributed by atoms with Gasteiger partial charge in [0.05, 0.1) is 49.5 Å². The third-order valence-electron chi connectivity index (χ3n) is 11.9. The highest BCUT2D eigenvalue weighted by Crippen LogP contribution is 2.36. The number of H-pyrrole nitrogens is 2. The number of carbonyl (C=O) groups excluding carboxylic acids is 3. The van der Waals surface area contributed by atoms with Gasteiger partial charge in [0.1, 0.15) is 17.7 Å². The first-order valence-electron chi connectivity index (χ1n) is 20.7. The van der Waals surface area contributed by atoms with Gasteiger partial charge in [0.2, 0.25) is 11.8 Å². The summed E-state index contributed by atoms with van der Waals surface area (Å²) in [5.41, 5.74) is 6.65. The average Bonchev–Trinajstić information content (AvgIpc) is 4.07. The number of rotatable bonds is 7. The summed E-state index contributed by atoms with van der Waals surface area (Å²) in [4.78, 5) is 60.3. The van der Waals surface area contributed by atoms with Crippen LogP contribution in [0.25, 0.3) is 33.6 Å². The zero-order valence-corrected chi connectivity index (χ0v) is 33.8. The molecule has 302 valence electrons. The van der Waals surface area contributed by atoms with Gasteiger partial charge < -0.3 is 34.6 Å². The van der Waals surface area contributed by atoms with Gasteiger partial charge in [-0.05, 0) is 62.0 Å². The van der Waals surface area contributed by atoms with Crippen LogP contribution in [0.4, 0.5) is 4.79 Å². The first-order valence-corrected chi connectivity index (χ1v) is 20.7. The van der Waals surface area contributed by atoms with Crippen molar-refractivity contribution in [3.63, 3.8) is 0 Å². The predicted octanol–water partition coefficient (Wildman–Crippen LogP) is 8.51. The van der Waals surface area contributed by atoms with E-state index in [2.05, 4.69) is 89.8 Å². The van der Waals surface area contributed by atoms with E-state index in [9.17, 15) is 14.4 Å². The molecule has 0 radical (unpaired) electrons. The first-order chi connectivity index (χ1) is 27.7. The van der Waals surface area contributed by atoms with Crippen LogP contribution in [0.5, 0.6) is 0 Å². The standard InChI is InChI=1S/C45H57N7O5/c1-29(2)30(3)43(53)51-24-11-14-38(51)41-46-27-36(47-41)33-20-16-31(17-21-33)32-18-22-34(23-19-32)40-37-28-57-26-10-8-6-5-7-9-13-35(49-45(55)56-4)44(54)52-25-12-15-39(52)42(48-37)50-40/h8,10,16-23,27,29-30,35,38-39H,5-7,9,11-15,24-26,28H2,1-4H3,(H,46,47)(H,48,50)(H,49,55)/b10-8-/t30-,35-,38-,39-/m0/s1. The fourth-order valence-corrected chi connectivity index (χ4v) is 8.28. The topological polar surface area (TPSA) is 146 Å².